The molecular weight excluding hydrogens is 255 g/mol. The summed E-state index contributed by atoms with van der Waals surface area (Å²) in [5, 5.41) is 13.3. The third-order valence-corrected chi connectivity index (χ3v) is 3.68. The third-order valence-electron chi connectivity index (χ3n) is 3.35. The van der Waals surface area contributed by atoms with Crippen molar-refractivity contribution in [2.45, 2.75) is 19.0 Å². The number of nitrogens with zero attached hydrogens (tertiary/aromatic N) is 1. The Morgan fingerprint density at radius 1 is 1.61 bits per heavy atom. The predicted molar refractivity (Wildman–Crippen MR) is 70.3 cm³/mol. The molecule has 0 aliphatic carbocycles. The fourth-order valence-corrected chi connectivity index (χ4v) is 2.75. The van der Waals surface area contributed by atoms with Crippen LogP contribution in [0.5, 0.6) is 0 Å². The second kappa shape index (κ2) is 5.97. The summed E-state index contributed by atoms with van der Waals surface area (Å²) < 4.78 is 13.9. The number of aliphatic hydroxyl groups is 1. The average Bonchev–Trinajstić information content (AvgIpc) is 2.34. The maximum absolute atomic E-state index is 13.9. The topological polar surface area (TPSA) is 35.5 Å². The van der Waals surface area contributed by atoms with Crippen molar-refractivity contribution in [3.8, 4) is 0 Å². The molecule has 2 rings (SSSR count). The third kappa shape index (κ3) is 2.83. The number of hydrogen-bond donors (Lipinski definition) is 2. The van der Waals surface area contributed by atoms with Crippen LogP contribution < -0.4 is 5.32 Å². The van der Waals surface area contributed by atoms with Crippen LogP contribution >= 0.6 is 11.6 Å². The molecule has 2 N–H and O–H groups in total. The molecule has 18 heavy (non-hydrogen) atoms. The van der Waals surface area contributed by atoms with Crippen LogP contribution in [-0.4, -0.2) is 42.3 Å². The maximum Gasteiger partial charge on any atom is 0.129 e. The molecule has 0 radical (unpaired) electrons. The van der Waals surface area contributed by atoms with Gasteiger partial charge in [-0.1, -0.05) is 17.7 Å². The summed E-state index contributed by atoms with van der Waals surface area (Å²) in [7, 11) is 0. The monoisotopic (exact) mass is 272 g/mol. The molecule has 0 saturated carbocycles. The van der Waals surface area contributed by atoms with Crippen LogP contribution in [0.3, 0.4) is 0 Å². The molecule has 1 aromatic carbocycles. The highest BCUT2D eigenvalue weighted by molar-refractivity contribution is 6.31. The van der Waals surface area contributed by atoms with E-state index in [4.69, 9.17) is 11.6 Å². The molecule has 0 bridgehead atoms. The van der Waals surface area contributed by atoms with E-state index < -0.39 is 0 Å². The highest BCUT2D eigenvalue weighted by atomic mass is 35.5. The van der Waals surface area contributed by atoms with Crippen LogP contribution in [0.25, 0.3) is 0 Å². The number of piperazine rings is 1. The lowest BCUT2D eigenvalue weighted by molar-refractivity contribution is 0.0941. The molecule has 1 aliphatic heterocycles. The van der Waals surface area contributed by atoms with Gasteiger partial charge in [-0.15, -0.1) is 0 Å². The van der Waals surface area contributed by atoms with Crippen LogP contribution in [0.2, 0.25) is 5.02 Å². The van der Waals surface area contributed by atoms with Crippen LogP contribution in [-0.2, 0) is 0 Å². The first-order valence-electron chi connectivity index (χ1n) is 6.15. The normalized spacial score (nSPS) is 23.0. The van der Waals surface area contributed by atoms with Crippen LogP contribution in [0.4, 0.5) is 4.39 Å². The van der Waals surface area contributed by atoms with Gasteiger partial charge in [0.25, 0.3) is 0 Å². The molecule has 0 spiro atoms. The fraction of sp³-hybridized carbons (Fsp3) is 0.538. The van der Waals surface area contributed by atoms with Gasteiger partial charge < -0.3 is 10.4 Å². The molecule has 5 heteroatoms. The number of nitrogens with one attached hydrogen (secondary N) is 1. The first-order chi connectivity index (χ1) is 8.63. The smallest absolute Gasteiger partial charge is 0.129 e. The summed E-state index contributed by atoms with van der Waals surface area (Å²) in [5.74, 6) is -0.354. The zero-order valence-corrected chi connectivity index (χ0v) is 11.1. The van der Waals surface area contributed by atoms with Crippen LogP contribution in [0.1, 0.15) is 18.5 Å². The summed E-state index contributed by atoms with van der Waals surface area (Å²) in [6.45, 7) is 4.33. The maximum atomic E-state index is 13.9. The molecule has 2 unspecified atom stereocenters. The zero-order chi connectivity index (χ0) is 13.1. The van der Waals surface area contributed by atoms with Crippen LogP contribution in [0, 0.1) is 5.82 Å². The molecule has 1 saturated heterocycles. The molecule has 100 valence electrons. The largest absolute Gasteiger partial charge is 0.394 e. The molecule has 2 atom stereocenters. The Bertz CT molecular complexity index is 396. The molecule has 1 fully saturated rings. The van der Waals surface area contributed by atoms with E-state index in [1.54, 1.807) is 12.1 Å². The standard InChI is InChI=1S/C13H18ClFN2O/c1-9-7-17(6-5-16-9)12(8-18)13-10(14)3-2-4-11(13)15/h2-4,9,12,16,18H,5-8H2,1H3. The second-order valence-corrected chi connectivity index (χ2v) is 5.09. The molecule has 1 aromatic rings. The Hall–Kier alpha value is -0.680. The van der Waals surface area contributed by atoms with Gasteiger partial charge in [0.1, 0.15) is 5.82 Å². The van der Waals surface area contributed by atoms with Crippen molar-refractivity contribution in [3.63, 3.8) is 0 Å². The minimum atomic E-state index is -0.372. The van der Waals surface area contributed by atoms with Gasteiger partial charge in [0.05, 0.1) is 12.6 Å². The van der Waals surface area contributed by atoms with Crippen LogP contribution in [0.15, 0.2) is 18.2 Å². The number of aliphatic hydroxyl groups excluding tert-OH is 1. The fourth-order valence-electron chi connectivity index (χ4n) is 2.46. The molecule has 1 heterocycles. The van der Waals surface area contributed by atoms with Crippen molar-refractivity contribution in [3.05, 3.63) is 34.6 Å². The van der Waals surface area contributed by atoms with E-state index in [0.29, 0.717) is 16.6 Å². The predicted octanol–water partition coefficient (Wildman–Crippen LogP) is 1.81. The lowest BCUT2D eigenvalue weighted by Gasteiger charge is -2.37. The van der Waals surface area contributed by atoms with Gasteiger partial charge in [-0.2, -0.15) is 0 Å². The SMILES string of the molecule is CC1CN(C(CO)c2c(F)cccc2Cl)CCN1. The van der Waals surface area contributed by atoms with E-state index in [9.17, 15) is 9.50 Å². The first kappa shape index (κ1) is 13.7. The summed E-state index contributed by atoms with van der Waals surface area (Å²) in [6.07, 6.45) is 0. The van der Waals surface area contributed by atoms with Gasteiger partial charge in [-0.3, -0.25) is 4.90 Å². The Morgan fingerprint density at radius 3 is 3.00 bits per heavy atom. The van der Waals surface area contributed by atoms with Crippen molar-refractivity contribution in [1.82, 2.24) is 10.2 Å². The molecule has 0 aromatic heterocycles. The van der Waals surface area contributed by atoms with Crippen molar-refractivity contribution in [2.75, 3.05) is 26.2 Å². The minimum absolute atomic E-state index is 0.132. The number of benzene rings is 1. The minimum Gasteiger partial charge on any atom is -0.394 e. The van der Waals surface area contributed by atoms with Gasteiger partial charge in [0.2, 0.25) is 0 Å². The summed E-state index contributed by atoms with van der Waals surface area (Å²) in [6, 6.07) is 4.58. The highest BCUT2D eigenvalue weighted by Crippen LogP contribution is 2.30. The number of halogens is 2. The number of rotatable bonds is 3. The van der Waals surface area contributed by atoms with E-state index >= 15 is 0 Å². The summed E-state index contributed by atoms with van der Waals surface area (Å²) in [4.78, 5) is 2.07. The van der Waals surface area contributed by atoms with Crippen molar-refractivity contribution in [2.24, 2.45) is 0 Å². The zero-order valence-electron chi connectivity index (χ0n) is 10.4. The molecule has 3 nitrogen and oxygen atoms in total. The van der Waals surface area contributed by atoms with E-state index in [1.165, 1.54) is 6.07 Å². The summed E-state index contributed by atoms with van der Waals surface area (Å²) >= 11 is 6.07. The Kier molecular flexibility index (Phi) is 4.56. The van der Waals surface area contributed by atoms with E-state index in [2.05, 4.69) is 17.1 Å². The molecular formula is C13H18ClFN2O. The van der Waals surface area contributed by atoms with Crippen molar-refractivity contribution < 1.29 is 9.50 Å². The first-order valence-corrected chi connectivity index (χ1v) is 6.53. The number of hydrogen-bond acceptors (Lipinski definition) is 3. The lowest BCUT2D eigenvalue weighted by atomic mass is 10.0. The Balaban J connectivity index is 2.27. The molecule has 1 aliphatic rings. The van der Waals surface area contributed by atoms with E-state index in [-0.39, 0.29) is 18.5 Å². The Labute approximate surface area is 112 Å². The van der Waals surface area contributed by atoms with Gasteiger partial charge >= 0.3 is 0 Å². The van der Waals surface area contributed by atoms with Gasteiger partial charge in [-0.25, -0.2) is 4.39 Å². The van der Waals surface area contributed by atoms with Gasteiger partial charge in [0.15, 0.2) is 0 Å². The quantitative estimate of drug-likeness (QED) is 0.881. The van der Waals surface area contributed by atoms with Gasteiger partial charge in [0, 0.05) is 36.3 Å². The van der Waals surface area contributed by atoms with Crippen molar-refractivity contribution >= 4 is 11.6 Å². The Morgan fingerprint density at radius 2 is 2.39 bits per heavy atom. The van der Waals surface area contributed by atoms with Crippen molar-refractivity contribution in [1.29, 1.82) is 0 Å². The average molecular weight is 273 g/mol. The molecule has 0 amide bonds. The highest BCUT2D eigenvalue weighted by Gasteiger charge is 2.27. The van der Waals surface area contributed by atoms with Gasteiger partial charge in [-0.05, 0) is 19.1 Å². The van der Waals surface area contributed by atoms with E-state index in [1.807, 2.05) is 0 Å². The second-order valence-electron chi connectivity index (χ2n) is 4.68. The van der Waals surface area contributed by atoms with E-state index in [0.717, 1.165) is 19.6 Å². The summed E-state index contributed by atoms with van der Waals surface area (Å²) in [5.41, 5.74) is 0.399. The lowest BCUT2D eigenvalue weighted by Crippen LogP contribution is -2.51.